The lowest BCUT2D eigenvalue weighted by Crippen LogP contribution is -2.32. The van der Waals surface area contributed by atoms with Crippen molar-refractivity contribution in [3.05, 3.63) is 29.8 Å². The normalized spacial score (nSPS) is 12.7. The summed E-state index contributed by atoms with van der Waals surface area (Å²) in [4.78, 5) is 22.7. The number of hydrogen-bond donors (Lipinski definition) is 3. The van der Waals surface area contributed by atoms with Gasteiger partial charge < -0.3 is 10.4 Å². The zero-order valence-corrected chi connectivity index (χ0v) is 12.4. The van der Waals surface area contributed by atoms with Gasteiger partial charge in [-0.25, -0.2) is 13.6 Å². The minimum atomic E-state index is -3.80. The van der Waals surface area contributed by atoms with E-state index in [0.717, 1.165) is 0 Å². The predicted octanol–water partition coefficient (Wildman–Crippen LogP) is 0.565. The molecule has 1 aromatic carbocycles. The summed E-state index contributed by atoms with van der Waals surface area (Å²) >= 11 is 0. The van der Waals surface area contributed by atoms with Crippen LogP contribution in [0.15, 0.2) is 29.2 Å². The molecule has 0 saturated heterocycles. The number of benzene rings is 1. The van der Waals surface area contributed by atoms with Crippen LogP contribution in [0.25, 0.3) is 0 Å². The van der Waals surface area contributed by atoms with Crippen LogP contribution in [0.5, 0.6) is 0 Å². The van der Waals surface area contributed by atoms with Gasteiger partial charge >= 0.3 is 5.97 Å². The molecule has 0 radical (unpaired) electrons. The Bertz CT molecular complexity index is 610. The van der Waals surface area contributed by atoms with Gasteiger partial charge in [0.1, 0.15) is 0 Å². The molecule has 116 valence electrons. The molecule has 0 heterocycles. The summed E-state index contributed by atoms with van der Waals surface area (Å²) in [6, 6.07) is 5.10. The van der Waals surface area contributed by atoms with Gasteiger partial charge in [0, 0.05) is 12.1 Å². The van der Waals surface area contributed by atoms with Crippen molar-refractivity contribution in [2.45, 2.75) is 24.7 Å². The number of primary sulfonamides is 1. The van der Waals surface area contributed by atoms with Gasteiger partial charge in [-0.05, 0) is 30.7 Å². The Morgan fingerprint density at radius 3 is 2.29 bits per heavy atom. The van der Waals surface area contributed by atoms with Crippen molar-refractivity contribution in [2.75, 3.05) is 6.54 Å². The number of amides is 1. The SMILES string of the molecule is CCCC(CNC(=O)c1ccc(S(N)(=O)=O)cc1)C(=O)O. The summed E-state index contributed by atoms with van der Waals surface area (Å²) < 4.78 is 22.2. The van der Waals surface area contributed by atoms with E-state index in [1.54, 1.807) is 0 Å². The highest BCUT2D eigenvalue weighted by atomic mass is 32.2. The molecule has 7 nitrogen and oxygen atoms in total. The molecule has 0 spiro atoms. The smallest absolute Gasteiger partial charge is 0.308 e. The third-order valence-corrected chi connectivity index (χ3v) is 3.87. The van der Waals surface area contributed by atoms with Crippen LogP contribution in [0.2, 0.25) is 0 Å². The van der Waals surface area contributed by atoms with E-state index in [1.165, 1.54) is 24.3 Å². The molecule has 0 aromatic heterocycles. The van der Waals surface area contributed by atoms with E-state index in [0.29, 0.717) is 12.8 Å². The molecule has 0 aliphatic carbocycles. The van der Waals surface area contributed by atoms with Gasteiger partial charge in [-0.3, -0.25) is 9.59 Å². The third kappa shape index (κ3) is 5.16. The number of carboxylic acid groups (broad SMARTS) is 1. The Morgan fingerprint density at radius 1 is 1.29 bits per heavy atom. The number of sulfonamides is 1. The van der Waals surface area contributed by atoms with E-state index in [4.69, 9.17) is 10.2 Å². The van der Waals surface area contributed by atoms with Crippen LogP contribution >= 0.6 is 0 Å². The van der Waals surface area contributed by atoms with Crippen LogP contribution in [-0.4, -0.2) is 31.9 Å². The molecule has 0 aliphatic heterocycles. The van der Waals surface area contributed by atoms with Crippen molar-refractivity contribution >= 4 is 21.9 Å². The van der Waals surface area contributed by atoms with Crippen molar-refractivity contribution in [3.8, 4) is 0 Å². The number of rotatable bonds is 7. The summed E-state index contributed by atoms with van der Waals surface area (Å²) in [5, 5.41) is 16.5. The maximum Gasteiger partial charge on any atom is 0.308 e. The van der Waals surface area contributed by atoms with Crippen LogP contribution in [-0.2, 0) is 14.8 Å². The molecule has 0 saturated carbocycles. The fourth-order valence-electron chi connectivity index (χ4n) is 1.78. The van der Waals surface area contributed by atoms with E-state index in [1.807, 2.05) is 6.92 Å². The topological polar surface area (TPSA) is 127 Å². The lowest BCUT2D eigenvalue weighted by atomic mass is 10.0. The highest BCUT2D eigenvalue weighted by Gasteiger charge is 2.18. The molecule has 1 rings (SSSR count). The first-order chi connectivity index (χ1) is 9.75. The number of carbonyl (C=O) groups excluding carboxylic acids is 1. The molecule has 0 fully saturated rings. The molecule has 0 bridgehead atoms. The second kappa shape index (κ2) is 7.19. The number of carboxylic acids is 1. The average molecular weight is 314 g/mol. The Balaban J connectivity index is 2.70. The molecule has 21 heavy (non-hydrogen) atoms. The van der Waals surface area contributed by atoms with E-state index in [9.17, 15) is 18.0 Å². The molecule has 1 atom stereocenters. The highest BCUT2D eigenvalue weighted by Crippen LogP contribution is 2.09. The first kappa shape index (κ1) is 17.1. The van der Waals surface area contributed by atoms with Crippen molar-refractivity contribution in [1.29, 1.82) is 0 Å². The second-order valence-corrected chi connectivity index (χ2v) is 6.16. The monoisotopic (exact) mass is 314 g/mol. The van der Waals surface area contributed by atoms with E-state index in [-0.39, 0.29) is 17.0 Å². The Kier molecular flexibility index (Phi) is 5.86. The number of nitrogens with two attached hydrogens (primary N) is 1. The van der Waals surface area contributed by atoms with Crippen LogP contribution in [0.1, 0.15) is 30.1 Å². The van der Waals surface area contributed by atoms with E-state index >= 15 is 0 Å². The van der Waals surface area contributed by atoms with Crippen molar-refractivity contribution in [2.24, 2.45) is 11.1 Å². The number of carbonyl (C=O) groups is 2. The summed E-state index contributed by atoms with van der Waals surface area (Å²) in [6.07, 6.45) is 1.18. The van der Waals surface area contributed by atoms with Crippen LogP contribution in [0, 0.1) is 5.92 Å². The van der Waals surface area contributed by atoms with Gasteiger partial charge in [0.25, 0.3) is 5.91 Å². The molecule has 1 amide bonds. The fraction of sp³-hybridized carbons (Fsp3) is 0.385. The summed E-state index contributed by atoms with van der Waals surface area (Å²) in [7, 11) is -3.80. The standard InChI is InChI=1S/C13H18N2O5S/c1-2-3-10(13(17)18)8-15-12(16)9-4-6-11(7-5-9)21(14,19)20/h4-7,10H,2-3,8H2,1H3,(H,15,16)(H,17,18)(H2,14,19,20). The van der Waals surface area contributed by atoms with E-state index in [2.05, 4.69) is 5.32 Å². The average Bonchev–Trinajstić information content (AvgIpc) is 2.42. The predicted molar refractivity (Wildman–Crippen MR) is 76.2 cm³/mol. The second-order valence-electron chi connectivity index (χ2n) is 4.60. The van der Waals surface area contributed by atoms with Gasteiger partial charge in [-0.1, -0.05) is 13.3 Å². The van der Waals surface area contributed by atoms with E-state index < -0.39 is 27.8 Å². The Hall–Kier alpha value is -1.93. The van der Waals surface area contributed by atoms with Gasteiger partial charge in [0.2, 0.25) is 10.0 Å². The lowest BCUT2D eigenvalue weighted by molar-refractivity contribution is -0.141. The minimum Gasteiger partial charge on any atom is -0.481 e. The third-order valence-electron chi connectivity index (χ3n) is 2.94. The Labute approximate surface area is 123 Å². The lowest BCUT2D eigenvalue weighted by Gasteiger charge is -2.12. The molecule has 8 heteroatoms. The zero-order valence-electron chi connectivity index (χ0n) is 11.6. The molecular weight excluding hydrogens is 296 g/mol. The quantitative estimate of drug-likeness (QED) is 0.678. The maximum absolute atomic E-state index is 11.9. The Morgan fingerprint density at radius 2 is 1.86 bits per heavy atom. The minimum absolute atomic E-state index is 0.0267. The number of hydrogen-bond acceptors (Lipinski definition) is 4. The first-order valence-electron chi connectivity index (χ1n) is 6.39. The molecule has 1 aromatic rings. The van der Waals surface area contributed by atoms with Crippen molar-refractivity contribution in [3.63, 3.8) is 0 Å². The molecular formula is C13H18N2O5S. The van der Waals surface area contributed by atoms with Crippen LogP contribution in [0.3, 0.4) is 0 Å². The van der Waals surface area contributed by atoms with Crippen LogP contribution in [0.4, 0.5) is 0 Å². The number of aliphatic carboxylic acids is 1. The zero-order chi connectivity index (χ0) is 16.0. The van der Waals surface area contributed by atoms with Gasteiger partial charge in [0.15, 0.2) is 0 Å². The summed E-state index contributed by atoms with van der Waals surface area (Å²) in [5.41, 5.74) is 0.239. The van der Waals surface area contributed by atoms with Gasteiger partial charge in [-0.15, -0.1) is 0 Å². The number of nitrogens with one attached hydrogen (secondary N) is 1. The highest BCUT2D eigenvalue weighted by molar-refractivity contribution is 7.89. The summed E-state index contributed by atoms with van der Waals surface area (Å²) in [5.74, 6) is -2.05. The summed E-state index contributed by atoms with van der Waals surface area (Å²) in [6.45, 7) is 1.89. The molecule has 4 N–H and O–H groups in total. The largest absolute Gasteiger partial charge is 0.481 e. The van der Waals surface area contributed by atoms with Crippen molar-refractivity contribution in [1.82, 2.24) is 5.32 Å². The van der Waals surface area contributed by atoms with Crippen molar-refractivity contribution < 1.29 is 23.1 Å². The fourth-order valence-corrected chi connectivity index (χ4v) is 2.29. The molecule has 1 unspecified atom stereocenters. The maximum atomic E-state index is 11.9. The first-order valence-corrected chi connectivity index (χ1v) is 7.94. The van der Waals surface area contributed by atoms with Crippen LogP contribution < -0.4 is 10.5 Å². The van der Waals surface area contributed by atoms with Gasteiger partial charge in [0.05, 0.1) is 10.8 Å². The molecule has 0 aliphatic rings. The van der Waals surface area contributed by atoms with Gasteiger partial charge in [-0.2, -0.15) is 0 Å².